The van der Waals surface area contributed by atoms with Gasteiger partial charge in [0.1, 0.15) is 6.61 Å². The first-order valence-electron chi connectivity index (χ1n) is 10.9. The van der Waals surface area contributed by atoms with Crippen LogP contribution < -0.4 is 14.4 Å². The first-order valence-corrected chi connectivity index (χ1v) is 10.9. The summed E-state index contributed by atoms with van der Waals surface area (Å²) >= 11 is 0. The van der Waals surface area contributed by atoms with Crippen LogP contribution in [0.1, 0.15) is 12.5 Å². The Labute approximate surface area is 182 Å². The summed E-state index contributed by atoms with van der Waals surface area (Å²) in [5.41, 5.74) is 2.46. The number of piperazine rings is 1. The minimum Gasteiger partial charge on any atom is -0.485 e. The van der Waals surface area contributed by atoms with E-state index in [0.29, 0.717) is 50.3 Å². The zero-order valence-electron chi connectivity index (χ0n) is 17.7. The molecule has 2 atom stereocenters. The maximum atomic E-state index is 13.0. The predicted molar refractivity (Wildman–Crippen MR) is 116 cm³/mol. The van der Waals surface area contributed by atoms with E-state index in [9.17, 15) is 9.59 Å². The fourth-order valence-corrected chi connectivity index (χ4v) is 4.64. The van der Waals surface area contributed by atoms with Crippen LogP contribution in [0.5, 0.6) is 11.5 Å². The molecule has 2 aromatic rings. The van der Waals surface area contributed by atoms with Crippen molar-refractivity contribution in [1.82, 2.24) is 9.80 Å². The molecule has 1 fully saturated rings. The van der Waals surface area contributed by atoms with Crippen molar-refractivity contribution in [2.75, 3.05) is 44.2 Å². The molecule has 162 valence electrons. The molecule has 0 bridgehead atoms. The van der Waals surface area contributed by atoms with Gasteiger partial charge in [-0.2, -0.15) is 0 Å². The largest absolute Gasteiger partial charge is 0.485 e. The average Bonchev–Trinajstić information content (AvgIpc) is 3.13. The van der Waals surface area contributed by atoms with E-state index in [1.807, 2.05) is 41.3 Å². The van der Waals surface area contributed by atoms with Crippen molar-refractivity contribution >= 4 is 17.5 Å². The summed E-state index contributed by atoms with van der Waals surface area (Å²) in [6.45, 7) is 4.85. The summed E-state index contributed by atoms with van der Waals surface area (Å²) in [6, 6.07) is 16.0. The van der Waals surface area contributed by atoms with Crippen LogP contribution in [0, 0.1) is 0 Å². The van der Waals surface area contributed by atoms with E-state index >= 15 is 0 Å². The van der Waals surface area contributed by atoms with Gasteiger partial charge in [0.25, 0.3) is 5.91 Å². The Morgan fingerprint density at radius 2 is 1.61 bits per heavy atom. The molecule has 7 nitrogen and oxygen atoms in total. The number of amides is 2. The normalized spacial score (nSPS) is 22.3. The lowest BCUT2D eigenvalue weighted by atomic mass is 10.1. The second-order valence-corrected chi connectivity index (χ2v) is 8.38. The van der Waals surface area contributed by atoms with Crippen LogP contribution in [0.3, 0.4) is 0 Å². The van der Waals surface area contributed by atoms with Crippen molar-refractivity contribution in [1.29, 1.82) is 0 Å². The SMILES string of the molecule is C[C@@H]1Cc2ccccc2N1CC(=O)N1CCN(C(=O)[C@@H]2COc3ccccc3O2)CC1. The van der Waals surface area contributed by atoms with Gasteiger partial charge >= 0.3 is 0 Å². The van der Waals surface area contributed by atoms with E-state index in [2.05, 4.69) is 24.0 Å². The van der Waals surface area contributed by atoms with E-state index in [4.69, 9.17) is 9.47 Å². The molecule has 5 rings (SSSR count). The Morgan fingerprint density at radius 1 is 0.935 bits per heavy atom. The summed E-state index contributed by atoms with van der Waals surface area (Å²) in [5.74, 6) is 1.30. The van der Waals surface area contributed by atoms with E-state index in [1.54, 1.807) is 4.90 Å². The number of carbonyl (C=O) groups excluding carboxylic acids is 2. The Kier molecular flexibility index (Phi) is 5.18. The van der Waals surface area contributed by atoms with Gasteiger partial charge < -0.3 is 24.2 Å². The lowest BCUT2D eigenvalue weighted by molar-refractivity contribution is -0.145. The molecule has 3 heterocycles. The molecular formula is C24H27N3O4. The van der Waals surface area contributed by atoms with Crippen molar-refractivity contribution in [3.05, 3.63) is 54.1 Å². The highest BCUT2D eigenvalue weighted by molar-refractivity contribution is 5.84. The van der Waals surface area contributed by atoms with Gasteiger partial charge in [0.05, 0.1) is 6.54 Å². The number of rotatable bonds is 3. The van der Waals surface area contributed by atoms with Crippen LogP contribution in [0.2, 0.25) is 0 Å². The number of fused-ring (bicyclic) bond motifs is 2. The van der Waals surface area contributed by atoms with Crippen LogP contribution in [0.4, 0.5) is 5.69 Å². The van der Waals surface area contributed by atoms with Gasteiger partial charge in [-0.1, -0.05) is 30.3 Å². The van der Waals surface area contributed by atoms with Crippen molar-refractivity contribution < 1.29 is 19.1 Å². The molecule has 0 aromatic heterocycles. The number of para-hydroxylation sites is 3. The third kappa shape index (κ3) is 3.80. The van der Waals surface area contributed by atoms with Crippen LogP contribution in [0.25, 0.3) is 0 Å². The molecule has 0 saturated carbocycles. The number of hydrogen-bond donors (Lipinski definition) is 0. The van der Waals surface area contributed by atoms with E-state index in [0.717, 1.165) is 12.1 Å². The van der Waals surface area contributed by atoms with Crippen molar-refractivity contribution in [2.24, 2.45) is 0 Å². The fourth-order valence-electron chi connectivity index (χ4n) is 4.64. The second kappa shape index (κ2) is 8.13. The molecule has 31 heavy (non-hydrogen) atoms. The van der Waals surface area contributed by atoms with Crippen LogP contribution in [-0.2, 0) is 16.0 Å². The minimum absolute atomic E-state index is 0.0799. The van der Waals surface area contributed by atoms with Gasteiger partial charge in [0, 0.05) is 37.9 Å². The first kappa shape index (κ1) is 19.7. The number of hydrogen-bond acceptors (Lipinski definition) is 5. The molecule has 3 aliphatic heterocycles. The van der Waals surface area contributed by atoms with Crippen LogP contribution >= 0.6 is 0 Å². The Balaban J connectivity index is 1.16. The smallest absolute Gasteiger partial charge is 0.267 e. The number of benzene rings is 2. The highest BCUT2D eigenvalue weighted by Crippen LogP contribution is 2.32. The van der Waals surface area contributed by atoms with Gasteiger partial charge in [-0.25, -0.2) is 0 Å². The highest BCUT2D eigenvalue weighted by Gasteiger charge is 2.34. The summed E-state index contributed by atoms with van der Waals surface area (Å²) in [5, 5.41) is 0. The quantitative estimate of drug-likeness (QED) is 0.758. The molecule has 0 unspecified atom stereocenters. The molecule has 1 saturated heterocycles. The summed E-state index contributed by atoms with van der Waals surface area (Å²) in [7, 11) is 0. The van der Waals surface area contributed by atoms with Crippen molar-refractivity contribution in [2.45, 2.75) is 25.5 Å². The standard InChI is InChI=1S/C24H27N3O4/c1-17-14-18-6-2-3-7-19(18)27(17)15-23(28)25-10-12-26(13-11-25)24(29)22-16-30-20-8-4-5-9-21(20)31-22/h2-9,17,22H,10-16H2,1H3/t17-,22+/m1/s1. The molecule has 2 aromatic carbocycles. The van der Waals surface area contributed by atoms with Gasteiger partial charge in [-0.3, -0.25) is 9.59 Å². The van der Waals surface area contributed by atoms with Gasteiger partial charge in [0.2, 0.25) is 12.0 Å². The summed E-state index contributed by atoms with van der Waals surface area (Å²) in [4.78, 5) is 31.7. The number of anilines is 1. The van der Waals surface area contributed by atoms with Gasteiger partial charge in [-0.05, 0) is 37.1 Å². The molecule has 2 amide bonds. The minimum atomic E-state index is -0.640. The van der Waals surface area contributed by atoms with Crippen LogP contribution in [-0.4, -0.2) is 73.1 Å². The molecular weight excluding hydrogens is 394 g/mol. The third-order valence-corrected chi connectivity index (χ3v) is 6.38. The van der Waals surface area contributed by atoms with Gasteiger partial charge in [-0.15, -0.1) is 0 Å². The second-order valence-electron chi connectivity index (χ2n) is 8.38. The van der Waals surface area contributed by atoms with E-state index < -0.39 is 6.10 Å². The number of ether oxygens (including phenoxy) is 2. The maximum Gasteiger partial charge on any atom is 0.267 e. The number of carbonyl (C=O) groups is 2. The Morgan fingerprint density at radius 3 is 2.42 bits per heavy atom. The average molecular weight is 421 g/mol. The zero-order valence-corrected chi connectivity index (χ0v) is 17.7. The molecule has 0 aliphatic carbocycles. The van der Waals surface area contributed by atoms with Crippen molar-refractivity contribution in [3.63, 3.8) is 0 Å². The Hall–Kier alpha value is -3.22. The molecule has 0 spiro atoms. The Bertz CT molecular complexity index is 986. The zero-order chi connectivity index (χ0) is 21.4. The molecule has 7 heteroatoms. The number of nitrogens with zero attached hydrogens (tertiary/aromatic N) is 3. The van der Waals surface area contributed by atoms with E-state index in [1.165, 1.54) is 5.56 Å². The van der Waals surface area contributed by atoms with Gasteiger partial charge in [0.15, 0.2) is 11.5 Å². The molecule has 0 radical (unpaired) electrons. The lowest BCUT2D eigenvalue weighted by Crippen LogP contribution is -2.56. The predicted octanol–water partition coefficient (Wildman–Crippen LogP) is 1.95. The lowest BCUT2D eigenvalue weighted by Gasteiger charge is -2.38. The highest BCUT2D eigenvalue weighted by atomic mass is 16.6. The topological polar surface area (TPSA) is 62.3 Å². The third-order valence-electron chi connectivity index (χ3n) is 6.38. The summed E-state index contributed by atoms with van der Waals surface area (Å²) < 4.78 is 11.5. The van der Waals surface area contributed by atoms with Crippen molar-refractivity contribution in [3.8, 4) is 11.5 Å². The maximum absolute atomic E-state index is 13.0. The van der Waals surface area contributed by atoms with E-state index in [-0.39, 0.29) is 18.4 Å². The molecule has 0 N–H and O–H groups in total. The summed E-state index contributed by atoms with van der Waals surface area (Å²) in [6.07, 6.45) is 0.331. The van der Waals surface area contributed by atoms with Crippen LogP contribution in [0.15, 0.2) is 48.5 Å². The monoisotopic (exact) mass is 421 g/mol. The fraction of sp³-hybridized carbons (Fsp3) is 0.417. The molecule has 3 aliphatic rings. The first-order chi connectivity index (χ1) is 15.1.